The van der Waals surface area contributed by atoms with Gasteiger partial charge in [0.1, 0.15) is 6.61 Å². The molecule has 0 spiro atoms. The lowest BCUT2D eigenvalue weighted by Gasteiger charge is -2.34. The number of allylic oxidation sites excluding steroid dienone is 2. The smallest absolute Gasteiger partial charge is 0.336 e. The first-order valence-corrected chi connectivity index (χ1v) is 8.85. The van der Waals surface area contributed by atoms with E-state index in [2.05, 4.69) is 0 Å². The number of anilines is 1. The number of nitrogens with zero attached hydrogens (tertiary/aromatic N) is 2. The second-order valence-corrected chi connectivity index (χ2v) is 6.53. The van der Waals surface area contributed by atoms with Gasteiger partial charge in [-0.05, 0) is 26.0 Å². The summed E-state index contributed by atoms with van der Waals surface area (Å²) < 4.78 is 10.0. The monoisotopic (exact) mass is 408 g/mol. The van der Waals surface area contributed by atoms with Crippen LogP contribution >= 0.6 is 23.2 Å². The molecule has 1 aliphatic rings. The first-order chi connectivity index (χ1) is 12.8. The molecule has 1 aromatic rings. The molecule has 0 radical (unpaired) electrons. The van der Waals surface area contributed by atoms with Crippen molar-refractivity contribution in [2.45, 2.75) is 26.7 Å². The number of nitriles is 1. The van der Waals surface area contributed by atoms with Crippen LogP contribution in [-0.4, -0.2) is 25.7 Å². The van der Waals surface area contributed by atoms with Crippen LogP contribution in [0.1, 0.15) is 26.7 Å². The van der Waals surface area contributed by atoms with Gasteiger partial charge >= 0.3 is 11.9 Å². The zero-order chi connectivity index (χ0) is 20.1. The molecule has 0 atom stereocenters. The third-order valence-corrected chi connectivity index (χ3v) is 5.00. The van der Waals surface area contributed by atoms with Crippen molar-refractivity contribution in [2.24, 2.45) is 0 Å². The molecule has 142 valence electrons. The number of esters is 2. The van der Waals surface area contributed by atoms with Crippen LogP contribution in [0.5, 0.6) is 0 Å². The molecule has 27 heavy (non-hydrogen) atoms. The van der Waals surface area contributed by atoms with Crippen LogP contribution < -0.4 is 4.90 Å². The minimum Gasteiger partial charge on any atom is -0.466 e. The second kappa shape index (κ2) is 8.94. The van der Waals surface area contributed by atoms with E-state index in [0.29, 0.717) is 32.7 Å². The molecular formula is C19H18Cl2N2O4. The van der Waals surface area contributed by atoms with Crippen molar-refractivity contribution in [3.8, 4) is 6.07 Å². The van der Waals surface area contributed by atoms with Gasteiger partial charge in [0.15, 0.2) is 0 Å². The Balaban J connectivity index is 2.57. The van der Waals surface area contributed by atoms with Crippen molar-refractivity contribution in [3.05, 3.63) is 50.8 Å². The molecule has 1 heterocycles. The van der Waals surface area contributed by atoms with Gasteiger partial charge in [-0.25, -0.2) is 9.59 Å². The number of carbonyl (C=O) groups is 2. The summed E-state index contributed by atoms with van der Waals surface area (Å²) >= 11 is 12.5. The first kappa shape index (κ1) is 20.8. The van der Waals surface area contributed by atoms with E-state index in [4.69, 9.17) is 37.9 Å². The molecule has 0 saturated carbocycles. The minimum atomic E-state index is -0.597. The van der Waals surface area contributed by atoms with E-state index in [1.165, 1.54) is 7.11 Å². The quantitative estimate of drug-likeness (QED) is 0.531. The second-order valence-electron chi connectivity index (χ2n) is 5.75. The van der Waals surface area contributed by atoms with E-state index in [9.17, 15) is 9.59 Å². The van der Waals surface area contributed by atoms with Gasteiger partial charge in [-0.3, -0.25) is 0 Å². The molecule has 0 amide bonds. The van der Waals surface area contributed by atoms with Crippen LogP contribution in [0.15, 0.2) is 40.7 Å². The Morgan fingerprint density at radius 3 is 2.41 bits per heavy atom. The predicted octanol–water partition coefficient (Wildman–Crippen LogP) is 4.38. The normalized spacial score (nSPS) is 14.1. The van der Waals surface area contributed by atoms with E-state index < -0.39 is 11.9 Å². The van der Waals surface area contributed by atoms with E-state index in [1.807, 2.05) is 6.07 Å². The van der Waals surface area contributed by atoms with Crippen molar-refractivity contribution >= 4 is 40.8 Å². The van der Waals surface area contributed by atoms with Gasteiger partial charge in [0.2, 0.25) is 0 Å². The molecule has 0 aliphatic carbocycles. The number of hydrogen-bond donors (Lipinski definition) is 0. The van der Waals surface area contributed by atoms with Gasteiger partial charge in [-0.1, -0.05) is 29.3 Å². The highest BCUT2D eigenvalue weighted by atomic mass is 35.5. The molecule has 1 aromatic carbocycles. The summed E-state index contributed by atoms with van der Waals surface area (Å²) in [4.78, 5) is 26.5. The summed E-state index contributed by atoms with van der Waals surface area (Å²) in [6.07, 6.45) is 0.144. The zero-order valence-electron chi connectivity index (χ0n) is 15.1. The largest absolute Gasteiger partial charge is 0.466 e. The highest BCUT2D eigenvalue weighted by Crippen LogP contribution is 2.41. The summed E-state index contributed by atoms with van der Waals surface area (Å²) in [5, 5.41) is 9.25. The fourth-order valence-corrected chi connectivity index (χ4v) is 3.20. The van der Waals surface area contributed by atoms with Crippen LogP contribution in [0.3, 0.4) is 0 Å². The Morgan fingerprint density at radius 1 is 1.19 bits per heavy atom. The molecule has 6 nitrogen and oxygen atoms in total. The molecular weight excluding hydrogens is 391 g/mol. The highest BCUT2D eigenvalue weighted by Gasteiger charge is 2.32. The maximum Gasteiger partial charge on any atom is 0.336 e. The maximum absolute atomic E-state index is 12.5. The van der Waals surface area contributed by atoms with Crippen LogP contribution in [-0.2, 0) is 19.1 Å². The molecule has 8 heteroatoms. The SMILES string of the molecule is COC(=O)C1=C(C)N(c2cccc(Cl)c2Cl)C(C)=C(C(=O)OCCC#N)C1. The van der Waals surface area contributed by atoms with Gasteiger partial charge < -0.3 is 14.4 Å². The number of carbonyl (C=O) groups excluding carboxylic acids is 2. The lowest BCUT2D eigenvalue weighted by molar-refractivity contribution is -0.139. The Kier molecular flexibility index (Phi) is 6.89. The summed E-state index contributed by atoms with van der Waals surface area (Å²) in [6.45, 7) is 3.45. The van der Waals surface area contributed by atoms with Crippen LogP contribution in [0.25, 0.3) is 0 Å². The lowest BCUT2D eigenvalue weighted by Crippen LogP contribution is -2.31. The molecule has 0 unspecified atom stereocenters. The molecule has 0 aromatic heterocycles. The standard InChI is InChI=1S/C19H18Cl2N2O4/c1-11-13(18(24)26-3)10-14(19(25)27-9-5-8-22)12(2)23(11)16-7-4-6-15(20)17(16)21/h4,6-7H,5,9-10H2,1-3H3. The number of methoxy groups -OCH3 is 1. The Hall–Kier alpha value is -2.49. The van der Waals surface area contributed by atoms with Crippen molar-refractivity contribution in [3.63, 3.8) is 0 Å². The van der Waals surface area contributed by atoms with Gasteiger partial charge in [-0.2, -0.15) is 5.26 Å². The summed E-state index contributed by atoms with van der Waals surface area (Å²) in [5.41, 5.74) is 2.27. The summed E-state index contributed by atoms with van der Waals surface area (Å²) in [7, 11) is 1.27. The molecule has 0 fully saturated rings. The van der Waals surface area contributed by atoms with Gasteiger partial charge in [0.25, 0.3) is 0 Å². The average Bonchev–Trinajstić information content (AvgIpc) is 2.64. The number of rotatable bonds is 5. The van der Waals surface area contributed by atoms with Gasteiger partial charge in [0, 0.05) is 17.8 Å². The summed E-state index contributed by atoms with van der Waals surface area (Å²) in [6, 6.07) is 7.02. The predicted molar refractivity (Wildman–Crippen MR) is 102 cm³/mol. The maximum atomic E-state index is 12.5. The third-order valence-electron chi connectivity index (χ3n) is 4.20. The van der Waals surface area contributed by atoms with Crippen molar-refractivity contribution in [1.82, 2.24) is 0 Å². The van der Waals surface area contributed by atoms with Crippen LogP contribution in [0.4, 0.5) is 5.69 Å². The first-order valence-electron chi connectivity index (χ1n) is 8.09. The van der Waals surface area contributed by atoms with E-state index >= 15 is 0 Å². The Labute approximate surface area is 167 Å². The summed E-state index contributed by atoms with van der Waals surface area (Å²) in [5.74, 6) is -1.15. The average molecular weight is 409 g/mol. The fraction of sp³-hybridized carbons (Fsp3) is 0.316. The van der Waals surface area contributed by atoms with Gasteiger partial charge in [0.05, 0.1) is 46.5 Å². The van der Waals surface area contributed by atoms with Gasteiger partial charge in [-0.15, -0.1) is 0 Å². The molecule has 0 saturated heterocycles. The van der Waals surface area contributed by atoms with Crippen LogP contribution in [0, 0.1) is 11.3 Å². The number of benzene rings is 1. The van der Waals surface area contributed by atoms with Crippen molar-refractivity contribution in [2.75, 3.05) is 18.6 Å². The Morgan fingerprint density at radius 2 is 1.81 bits per heavy atom. The van der Waals surface area contributed by atoms with E-state index in [0.717, 1.165) is 0 Å². The lowest BCUT2D eigenvalue weighted by atomic mass is 9.96. The fourth-order valence-electron chi connectivity index (χ4n) is 2.82. The topological polar surface area (TPSA) is 79.6 Å². The number of ether oxygens (including phenoxy) is 2. The van der Waals surface area contributed by atoms with E-state index in [-0.39, 0.29) is 25.0 Å². The molecule has 2 rings (SSSR count). The molecule has 1 aliphatic heterocycles. The molecule has 0 N–H and O–H groups in total. The minimum absolute atomic E-state index is 0.0275. The van der Waals surface area contributed by atoms with Crippen molar-refractivity contribution < 1.29 is 19.1 Å². The zero-order valence-corrected chi connectivity index (χ0v) is 16.6. The molecule has 0 bridgehead atoms. The Bertz CT molecular complexity index is 884. The third kappa shape index (κ3) is 4.26. The van der Waals surface area contributed by atoms with Crippen molar-refractivity contribution in [1.29, 1.82) is 5.26 Å². The van der Waals surface area contributed by atoms with Crippen LogP contribution in [0.2, 0.25) is 10.0 Å². The number of hydrogen-bond acceptors (Lipinski definition) is 6. The number of halogens is 2. The highest BCUT2D eigenvalue weighted by molar-refractivity contribution is 6.43. The van der Waals surface area contributed by atoms with E-state index in [1.54, 1.807) is 36.9 Å².